The van der Waals surface area contributed by atoms with Gasteiger partial charge in [-0.25, -0.2) is 0 Å². The summed E-state index contributed by atoms with van der Waals surface area (Å²) in [5.41, 5.74) is 4.94. The zero-order chi connectivity index (χ0) is 9.54. The van der Waals surface area contributed by atoms with Gasteiger partial charge in [-0.1, -0.05) is 30.3 Å². The van der Waals surface area contributed by atoms with Crippen LogP contribution in [-0.4, -0.2) is 0 Å². The molecule has 2 aromatic rings. The quantitative estimate of drug-likeness (QED) is 0.506. The lowest BCUT2D eigenvalue weighted by atomic mass is 10.1. The first-order valence-electron chi connectivity index (χ1n) is 4.73. The second-order valence-corrected chi connectivity index (χ2v) is 3.65. The van der Waals surface area contributed by atoms with Gasteiger partial charge in [0.1, 0.15) is 0 Å². The van der Waals surface area contributed by atoms with E-state index in [9.17, 15) is 5.11 Å². The standard InChI is InChI=1S/C13H9O/c14-11-6-5-10-7-9-3-1-2-4-12(9)13(10)8-11/h1-6,8H,7H2. The van der Waals surface area contributed by atoms with Crippen molar-refractivity contribution in [1.82, 2.24) is 0 Å². The van der Waals surface area contributed by atoms with Crippen LogP contribution in [0.2, 0.25) is 0 Å². The smallest absolute Gasteiger partial charge is 0.179 e. The summed E-state index contributed by atoms with van der Waals surface area (Å²) < 4.78 is 0. The number of rotatable bonds is 0. The molecule has 0 aliphatic heterocycles. The first-order chi connectivity index (χ1) is 6.84. The number of hydrogen-bond acceptors (Lipinski definition) is 0. The second kappa shape index (κ2) is 2.61. The molecular weight excluding hydrogens is 172 g/mol. The minimum absolute atomic E-state index is 0.0976. The molecule has 1 aliphatic carbocycles. The monoisotopic (exact) mass is 181 g/mol. The van der Waals surface area contributed by atoms with Crippen molar-refractivity contribution in [3.63, 3.8) is 0 Å². The average molecular weight is 181 g/mol. The molecule has 0 amide bonds. The minimum atomic E-state index is 0.0976. The summed E-state index contributed by atoms with van der Waals surface area (Å²) in [6.45, 7) is 0. The third-order valence-corrected chi connectivity index (χ3v) is 2.77. The predicted molar refractivity (Wildman–Crippen MR) is 54.8 cm³/mol. The van der Waals surface area contributed by atoms with Gasteiger partial charge < -0.3 is 0 Å². The Morgan fingerprint density at radius 1 is 0.857 bits per heavy atom. The molecule has 0 unspecified atom stereocenters. The van der Waals surface area contributed by atoms with Crippen molar-refractivity contribution in [3.05, 3.63) is 53.6 Å². The van der Waals surface area contributed by atoms with Crippen molar-refractivity contribution in [3.8, 4) is 16.9 Å². The number of hydrogen-bond donors (Lipinski definition) is 0. The van der Waals surface area contributed by atoms with E-state index in [1.807, 2.05) is 18.2 Å². The van der Waals surface area contributed by atoms with Gasteiger partial charge >= 0.3 is 0 Å². The highest BCUT2D eigenvalue weighted by atomic mass is 16.3. The second-order valence-electron chi connectivity index (χ2n) is 3.65. The first kappa shape index (κ1) is 7.63. The lowest BCUT2D eigenvalue weighted by Gasteiger charge is -1.99. The summed E-state index contributed by atoms with van der Waals surface area (Å²) in [7, 11) is 0. The summed E-state index contributed by atoms with van der Waals surface area (Å²) in [4.78, 5) is 0. The predicted octanol–water partition coefficient (Wildman–Crippen LogP) is 3.40. The van der Waals surface area contributed by atoms with Crippen LogP contribution < -0.4 is 0 Å². The van der Waals surface area contributed by atoms with Crippen LogP contribution in [0, 0.1) is 0 Å². The topological polar surface area (TPSA) is 19.9 Å². The van der Waals surface area contributed by atoms with Gasteiger partial charge in [-0.15, -0.1) is 0 Å². The Labute approximate surface area is 82.6 Å². The van der Waals surface area contributed by atoms with E-state index in [0.29, 0.717) is 0 Å². The molecule has 0 heterocycles. The van der Waals surface area contributed by atoms with E-state index in [1.54, 1.807) is 12.1 Å². The summed E-state index contributed by atoms with van der Waals surface area (Å²) in [5, 5.41) is 11.2. The van der Waals surface area contributed by atoms with Gasteiger partial charge in [-0.3, -0.25) is 5.11 Å². The van der Waals surface area contributed by atoms with Crippen LogP contribution in [0.5, 0.6) is 5.75 Å². The summed E-state index contributed by atoms with van der Waals surface area (Å²) in [5.74, 6) is 0.0976. The maximum atomic E-state index is 11.2. The van der Waals surface area contributed by atoms with E-state index in [1.165, 1.54) is 16.7 Å². The van der Waals surface area contributed by atoms with E-state index in [0.717, 1.165) is 12.0 Å². The molecule has 0 N–H and O–H groups in total. The molecule has 2 aromatic carbocycles. The highest BCUT2D eigenvalue weighted by Crippen LogP contribution is 2.37. The number of benzene rings is 2. The zero-order valence-electron chi connectivity index (χ0n) is 7.66. The van der Waals surface area contributed by atoms with Gasteiger partial charge in [0.25, 0.3) is 0 Å². The normalized spacial score (nSPS) is 12.3. The van der Waals surface area contributed by atoms with E-state index >= 15 is 0 Å². The third-order valence-electron chi connectivity index (χ3n) is 2.77. The molecule has 0 spiro atoms. The molecule has 0 bridgehead atoms. The van der Waals surface area contributed by atoms with Crippen molar-refractivity contribution >= 4 is 0 Å². The minimum Gasteiger partial charge on any atom is -0.290 e. The Bertz CT molecular complexity index is 500. The highest BCUT2D eigenvalue weighted by Gasteiger charge is 2.17. The maximum Gasteiger partial charge on any atom is 0.179 e. The van der Waals surface area contributed by atoms with Crippen LogP contribution in [0.15, 0.2) is 42.5 Å². The van der Waals surface area contributed by atoms with E-state index < -0.39 is 0 Å². The highest BCUT2D eigenvalue weighted by molar-refractivity contribution is 5.77. The molecule has 1 aliphatic rings. The maximum absolute atomic E-state index is 11.2. The van der Waals surface area contributed by atoms with Gasteiger partial charge in [-0.2, -0.15) is 0 Å². The summed E-state index contributed by atoms with van der Waals surface area (Å²) in [6, 6.07) is 13.6. The average Bonchev–Trinajstić information content (AvgIpc) is 2.56. The van der Waals surface area contributed by atoms with E-state index in [4.69, 9.17) is 0 Å². The summed E-state index contributed by atoms with van der Waals surface area (Å²) in [6.07, 6.45) is 0.964. The molecule has 1 heteroatoms. The molecule has 0 fully saturated rings. The molecule has 0 atom stereocenters. The fraction of sp³-hybridized carbons (Fsp3) is 0.0769. The first-order valence-corrected chi connectivity index (χ1v) is 4.73. The van der Waals surface area contributed by atoms with Crippen LogP contribution in [0.25, 0.3) is 11.1 Å². The zero-order valence-corrected chi connectivity index (χ0v) is 7.66. The van der Waals surface area contributed by atoms with Gasteiger partial charge in [0, 0.05) is 0 Å². The molecule has 67 valence electrons. The molecule has 0 saturated carbocycles. The fourth-order valence-corrected chi connectivity index (χ4v) is 2.10. The SMILES string of the molecule is [O]c1ccc2c(c1)-c1ccccc1C2. The van der Waals surface area contributed by atoms with Crippen molar-refractivity contribution in [1.29, 1.82) is 0 Å². The van der Waals surface area contributed by atoms with E-state index in [2.05, 4.69) is 12.1 Å². The van der Waals surface area contributed by atoms with Crippen LogP contribution in [0.3, 0.4) is 0 Å². The summed E-state index contributed by atoms with van der Waals surface area (Å²) >= 11 is 0. The lowest BCUT2D eigenvalue weighted by Crippen LogP contribution is -1.77. The Balaban J connectivity index is 2.30. The Morgan fingerprint density at radius 3 is 2.57 bits per heavy atom. The molecule has 0 saturated heterocycles. The van der Waals surface area contributed by atoms with Crippen LogP contribution >= 0.6 is 0 Å². The molecule has 14 heavy (non-hydrogen) atoms. The van der Waals surface area contributed by atoms with Crippen molar-refractivity contribution in [2.24, 2.45) is 0 Å². The van der Waals surface area contributed by atoms with Gasteiger partial charge in [0.05, 0.1) is 0 Å². The number of fused-ring (bicyclic) bond motifs is 3. The van der Waals surface area contributed by atoms with Gasteiger partial charge in [0.2, 0.25) is 0 Å². The Kier molecular flexibility index (Phi) is 1.42. The van der Waals surface area contributed by atoms with Crippen LogP contribution in [-0.2, 0) is 11.5 Å². The van der Waals surface area contributed by atoms with Gasteiger partial charge in [-0.05, 0) is 40.8 Å². The van der Waals surface area contributed by atoms with Crippen LogP contribution in [0.1, 0.15) is 11.1 Å². The largest absolute Gasteiger partial charge is 0.290 e. The Hall–Kier alpha value is -1.76. The third kappa shape index (κ3) is 0.956. The molecule has 1 radical (unpaired) electrons. The van der Waals surface area contributed by atoms with E-state index in [-0.39, 0.29) is 5.75 Å². The van der Waals surface area contributed by atoms with Crippen molar-refractivity contribution in [2.45, 2.75) is 6.42 Å². The lowest BCUT2D eigenvalue weighted by molar-refractivity contribution is 0.355. The van der Waals surface area contributed by atoms with Crippen molar-refractivity contribution < 1.29 is 5.11 Å². The molecular formula is C13H9O. The molecule has 0 aromatic heterocycles. The van der Waals surface area contributed by atoms with Crippen LogP contribution in [0.4, 0.5) is 0 Å². The molecule has 3 rings (SSSR count). The Morgan fingerprint density at radius 2 is 1.64 bits per heavy atom. The molecule has 1 nitrogen and oxygen atoms in total. The van der Waals surface area contributed by atoms with Gasteiger partial charge in [0.15, 0.2) is 5.75 Å². The fourth-order valence-electron chi connectivity index (χ4n) is 2.10. The van der Waals surface area contributed by atoms with Crippen molar-refractivity contribution in [2.75, 3.05) is 0 Å².